The second kappa shape index (κ2) is 12.6. The van der Waals surface area contributed by atoms with Gasteiger partial charge < -0.3 is 15.0 Å². The number of nitrogens with one attached hydrogen (secondary N) is 2. The molecular weight excluding hydrogens is 490 g/mol. The summed E-state index contributed by atoms with van der Waals surface area (Å²) in [5.74, 6) is 1.06. The summed E-state index contributed by atoms with van der Waals surface area (Å²) < 4.78 is 6.47. The zero-order valence-corrected chi connectivity index (χ0v) is 21.3. The molecule has 0 radical (unpaired) electrons. The number of nitrogens with zero attached hydrogens (tertiary/aromatic N) is 1. The van der Waals surface area contributed by atoms with Gasteiger partial charge in [-0.25, -0.2) is 0 Å². The van der Waals surface area contributed by atoms with Crippen LogP contribution in [0.2, 0.25) is 0 Å². The number of hydrogen-bond acceptors (Lipinski definition) is 4. The minimum atomic E-state index is -0.309. The summed E-state index contributed by atoms with van der Waals surface area (Å²) in [6.45, 7) is 4.91. The van der Waals surface area contributed by atoms with Crippen molar-refractivity contribution in [3.8, 4) is 5.75 Å². The van der Waals surface area contributed by atoms with Gasteiger partial charge in [0.2, 0.25) is 5.91 Å². The van der Waals surface area contributed by atoms with Gasteiger partial charge in [-0.3, -0.25) is 14.9 Å². The second-order valence-corrected chi connectivity index (χ2v) is 9.33. The van der Waals surface area contributed by atoms with E-state index in [0.29, 0.717) is 36.7 Å². The van der Waals surface area contributed by atoms with Crippen molar-refractivity contribution in [1.82, 2.24) is 10.2 Å². The van der Waals surface area contributed by atoms with E-state index in [0.717, 1.165) is 22.1 Å². The number of benzene rings is 2. The molecule has 0 saturated heterocycles. The third-order valence-electron chi connectivity index (χ3n) is 4.71. The molecule has 0 atom stereocenters. The number of ether oxygens (including phenoxy) is 1. The first kappa shape index (κ1) is 25.8. The number of carbonyl (C=O) groups excluding carboxylic acids is 2. The maximum Gasteiger partial charge on any atom is 0.257 e. The van der Waals surface area contributed by atoms with E-state index in [2.05, 4.69) is 40.4 Å². The zero-order valence-electron chi connectivity index (χ0n) is 18.9. The number of hydrogen-bond donors (Lipinski definition) is 2. The summed E-state index contributed by atoms with van der Waals surface area (Å²) in [6, 6.07) is 12.8. The summed E-state index contributed by atoms with van der Waals surface area (Å²) in [7, 11) is 3.50. The summed E-state index contributed by atoms with van der Waals surface area (Å²) >= 11 is 8.73. The van der Waals surface area contributed by atoms with E-state index in [4.69, 9.17) is 17.0 Å². The van der Waals surface area contributed by atoms with Crippen LogP contribution in [-0.2, 0) is 11.2 Å². The highest BCUT2D eigenvalue weighted by molar-refractivity contribution is 9.10. The molecule has 6 nitrogen and oxygen atoms in total. The summed E-state index contributed by atoms with van der Waals surface area (Å²) in [6.07, 6.45) is 2.10. The molecule has 8 heteroatoms. The molecule has 0 bridgehead atoms. The Balaban J connectivity index is 1.86. The van der Waals surface area contributed by atoms with Crippen molar-refractivity contribution in [2.45, 2.75) is 33.1 Å². The number of aryl methyl sites for hydroxylation is 1. The SMILES string of the molecule is CC(C)CCOc1ccc(C(=O)NC(=S)Nc2ccc(CCC(=O)N(C)C)cc2)cc1Br. The Morgan fingerprint density at radius 2 is 1.81 bits per heavy atom. The van der Waals surface area contributed by atoms with Crippen molar-refractivity contribution < 1.29 is 14.3 Å². The fourth-order valence-corrected chi connectivity index (χ4v) is 3.43. The number of rotatable bonds is 9. The monoisotopic (exact) mass is 519 g/mol. The van der Waals surface area contributed by atoms with Gasteiger partial charge >= 0.3 is 0 Å². The lowest BCUT2D eigenvalue weighted by Crippen LogP contribution is -2.34. The standard InChI is InChI=1S/C24H30BrN3O3S/c1-16(2)13-14-31-21-11-8-18(15-20(21)25)23(30)27-24(32)26-19-9-5-17(6-10-19)7-12-22(29)28(3)4/h5-6,8-11,15-16H,7,12-14H2,1-4H3,(H2,26,27,30,32). The predicted molar refractivity (Wildman–Crippen MR) is 136 cm³/mol. The molecule has 0 heterocycles. The lowest BCUT2D eigenvalue weighted by molar-refractivity contribution is -0.128. The van der Waals surface area contributed by atoms with Crippen LogP contribution < -0.4 is 15.4 Å². The number of halogens is 1. The lowest BCUT2D eigenvalue weighted by atomic mass is 10.1. The summed E-state index contributed by atoms with van der Waals surface area (Å²) in [4.78, 5) is 25.8. The van der Waals surface area contributed by atoms with E-state index in [1.807, 2.05) is 24.3 Å². The largest absolute Gasteiger partial charge is 0.492 e. The molecule has 0 aromatic heterocycles. The molecule has 0 saturated carbocycles. The predicted octanol–water partition coefficient (Wildman–Crippen LogP) is 5.02. The van der Waals surface area contributed by atoms with Gasteiger partial charge in [0, 0.05) is 31.8 Å². The smallest absolute Gasteiger partial charge is 0.257 e. The minimum Gasteiger partial charge on any atom is -0.492 e. The van der Waals surface area contributed by atoms with Crippen molar-refractivity contribution >= 4 is 50.8 Å². The van der Waals surface area contributed by atoms with Crippen LogP contribution in [-0.4, -0.2) is 42.5 Å². The van der Waals surface area contributed by atoms with E-state index in [9.17, 15) is 9.59 Å². The van der Waals surface area contributed by atoms with Crippen LogP contribution in [0.4, 0.5) is 5.69 Å². The van der Waals surface area contributed by atoms with Crippen LogP contribution >= 0.6 is 28.1 Å². The fraction of sp³-hybridized carbons (Fsp3) is 0.375. The Morgan fingerprint density at radius 1 is 1.12 bits per heavy atom. The molecule has 0 fully saturated rings. The number of anilines is 1. The third kappa shape index (κ3) is 8.59. The molecule has 2 aromatic carbocycles. The Hall–Kier alpha value is -2.45. The van der Waals surface area contributed by atoms with Crippen molar-refractivity contribution in [1.29, 1.82) is 0 Å². The normalized spacial score (nSPS) is 10.6. The van der Waals surface area contributed by atoms with Crippen molar-refractivity contribution in [2.24, 2.45) is 5.92 Å². The first-order chi connectivity index (χ1) is 15.2. The first-order valence-corrected chi connectivity index (χ1v) is 11.7. The quantitative estimate of drug-likeness (QED) is 0.455. The van der Waals surface area contributed by atoms with Gasteiger partial charge in [-0.05, 0) is 82.8 Å². The Bertz CT molecular complexity index is 946. The van der Waals surface area contributed by atoms with Gasteiger partial charge in [-0.1, -0.05) is 26.0 Å². The van der Waals surface area contributed by atoms with Gasteiger partial charge in [0.05, 0.1) is 11.1 Å². The maximum atomic E-state index is 12.5. The highest BCUT2D eigenvalue weighted by Gasteiger charge is 2.12. The molecule has 0 unspecified atom stereocenters. The zero-order chi connectivity index (χ0) is 23.7. The Labute approximate surface area is 203 Å². The van der Waals surface area contributed by atoms with E-state index in [-0.39, 0.29) is 16.9 Å². The van der Waals surface area contributed by atoms with Crippen LogP contribution in [0.1, 0.15) is 42.6 Å². The van der Waals surface area contributed by atoms with Crippen LogP contribution in [0.3, 0.4) is 0 Å². The molecule has 0 aliphatic rings. The van der Waals surface area contributed by atoms with Crippen molar-refractivity contribution in [2.75, 3.05) is 26.0 Å². The van der Waals surface area contributed by atoms with Gasteiger partial charge in [0.15, 0.2) is 5.11 Å². The van der Waals surface area contributed by atoms with Crippen LogP contribution in [0, 0.1) is 5.92 Å². The summed E-state index contributed by atoms with van der Waals surface area (Å²) in [5, 5.41) is 5.90. The average Bonchev–Trinajstić information content (AvgIpc) is 2.73. The second-order valence-electron chi connectivity index (χ2n) is 8.07. The topological polar surface area (TPSA) is 70.7 Å². The van der Waals surface area contributed by atoms with E-state index < -0.39 is 0 Å². The summed E-state index contributed by atoms with van der Waals surface area (Å²) in [5.41, 5.74) is 2.28. The van der Waals surface area contributed by atoms with Gasteiger partial charge in [-0.15, -0.1) is 0 Å². The van der Waals surface area contributed by atoms with Crippen molar-refractivity contribution in [3.63, 3.8) is 0 Å². The van der Waals surface area contributed by atoms with Gasteiger partial charge in [0.1, 0.15) is 5.75 Å². The molecule has 0 spiro atoms. The van der Waals surface area contributed by atoms with Crippen LogP contribution in [0.5, 0.6) is 5.75 Å². The highest BCUT2D eigenvalue weighted by atomic mass is 79.9. The number of thiocarbonyl (C=S) groups is 1. The molecule has 2 aromatic rings. The number of amides is 2. The molecular formula is C24H30BrN3O3S. The molecule has 0 aliphatic carbocycles. The van der Waals surface area contributed by atoms with E-state index >= 15 is 0 Å². The Morgan fingerprint density at radius 3 is 2.41 bits per heavy atom. The fourth-order valence-electron chi connectivity index (χ4n) is 2.73. The molecule has 2 N–H and O–H groups in total. The lowest BCUT2D eigenvalue weighted by Gasteiger charge is -2.13. The van der Waals surface area contributed by atoms with Crippen molar-refractivity contribution in [3.05, 3.63) is 58.1 Å². The number of carbonyl (C=O) groups is 2. The Kier molecular flexibility index (Phi) is 10.1. The highest BCUT2D eigenvalue weighted by Crippen LogP contribution is 2.26. The third-order valence-corrected chi connectivity index (χ3v) is 5.54. The minimum absolute atomic E-state index is 0.0953. The molecule has 2 amide bonds. The first-order valence-electron chi connectivity index (χ1n) is 10.5. The molecule has 172 valence electrons. The average molecular weight is 520 g/mol. The van der Waals surface area contributed by atoms with E-state index in [1.54, 1.807) is 37.2 Å². The molecule has 32 heavy (non-hydrogen) atoms. The van der Waals surface area contributed by atoms with Gasteiger partial charge in [0.25, 0.3) is 5.91 Å². The molecule has 2 rings (SSSR count). The van der Waals surface area contributed by atoms with Crippen LogP contribution in [0.25, 0.3) is 0 Å². The molecule has 0 aliphatic heterocycles. The van der Waals surface area contributed by atoms with Gasteiger partial charge in [-0.2, -0.15) is 0 Å². The van der Waals surface area contributed by atoms with E-state index in [1.165, 1.54) is 0 Å². The van der Waals surface area contributed by atoms with Crippen LogP contribution in [0.15, 0.2) is 46.9 Å². The maximum absolute atomic E-state index is 12.5.